The molecule has 0 aliphatic rings. The number of hydrogen-bond acceptors (Lipinski definition) is 5. The summed E-state index contributed by atoms with van der Waals surface area (Å²) in [6.45, 7) is 0.169. The fourth-order valence-corrected chi connectivity index (χ4v) is 2.38. The molecule has 7 heteroatoms. The third kappa shape index (κ3) is 4.94. The number of carbonyl (C=O) groups excluding carboxylic acids is 2. The number of aromatic nitrogens is 1. The number of amides is 2. The van der Waals surface area contributed by atoms with Gasteiger partial charge in [-0.2, -0.15) is 0 Å². The second-order valence-electron chi connectivity index (χ2n) is 5.79. The van der Waals surface area contributed by atoms with Gasteiger partial charge in [0.25, 0.3) is 5.91 Å². The van der Waals surface area contributed by atoms with Crippen molar-refractivity contribution in [1.82, 2.24) is 15.2 Å². The summed E-state index contributed by atoms with van der Waals surface area (Å²) in [5, 5.41) is 2.70. The lowest BCUT2D eigenvalue weighted by atomic mass is 10.2. The fourth-order valence-electron chi connectivity index (χ4n) is 2.38. The molecule has 0 unspecified atom stereocenters. The van der Waals surface area contributed by atoms with Crippen LogP contribution in [0.15, 0.2) is 71.5 Å². The van der Waals surface area contributed by atoms with E-state index in [0.717, 1.165) is 0 Å². The van der Waals surface area contributed by atoms with Crippen LogP contribution in [0, 0.1) is 0 Å². The Hall–Kier alpha value is -3.61. The number of likely N-dealkylation sites (N-methyl/N-ethyl adjacent to an activating group) is 1. The Morgan fingerprint density at radius 3 is 2.67 bits per heavy atom. The molecule has 1 aromatic carbocycles. The van der Waals surface area contributed by atoms with Crippen molar-refractivity contribution < 1.29 is 18.7 Å². The molecule has 3 aromatic rings. The van der Waals surface area contributed by atoms with Gasteiger partial charge in [0.2, 0.25) is 11.8 Å². The molecule has 2 aromatic heterocycles. The van der Waals surface area contributed by atoms with Gasteiger partial charge in [-0.1, -0.05) is 18.2 Å². The Morgan fingerprint density at radius 2 is 1.93 bits per heavy atom. The van der Waals surface area contributed by atoms with Gasteiger partial charge in [0.05, 0.1) is 19.4 Å². The van der Waals surface area contributed by atoms with Crippen molar-refractivity contribution in [2.45, 2.75) is 6.54 Å². The van der Waals surface area contributed by atoms with Crippen LogP contribution in [0.2, 0.25) is 0 Å². The molecule has 0 radical (unpaired) electrons. The van der Waals surface area contributed by atoms with Gasteiger partial charge >= 0.3 is 0 Å². The summed E-state index contributed by atoms with van der Waals surface area (Å²) in [5.41, 5.74) is 0.280. The molecule has 2 heterocycles. The molecule has 2 amide bonds. The molecule has 0 aliphatic carbocycles. The minimum Gasteiger partial charge on any atom is -0.467 e. The maximum atomic E-state index is 12.7. The van der Waals surface area contributed by atoms with E-state index in [2.05, 4.69) is 10.3 Å². The first-order valence-corrected chi connectivity index (χ1v) is 8.36. The highest BCUT2D eigenvalue weighted by atomic mass is 16.5. The van der Waals surface area contributed by atoms with Crippen LogP contribution in [0.5, 0.6) is 11.6 Å². The summed E-state index contributed by atoms with van der Waals surface area (Å²) >= 11 is 0. The molecule has 27 heavy (non-hydrogen) atoms. The van der Waals surface area contributed by atoms with E-state index in [9.17, 15) is 9.59 Å². The molecule has 3 rings (SSSR count). The highest BCUT2D eigenvalue weighted by Gasteiger charge is 2.20. The zero-order chi connectivity index (χ0) is 19.1. The number of carbonyl (C=O) groups is 2. The minimum absolute atomic E-state index is 0.0980. The summed E-state index contributed by atoms with van der Waals surface area (Å²) in [6, 6.07) is 15.8. The average Bonchev–Trinajstić information content (AvgIpc) is 3.21. The van der Waals surface area contributed by atoms with Crippen LogP contribution in [-0.4, -0.2) is 35.3 Å². The molecule has 0 fully saturated rings. The van der Waals surface area contributed by atoms with E-state index in [-0.39, 0.29) is 36.3 Å². The number of pyridine rings is 1. The van der Waals surface area contributed by atoms with Crippen LogP contribution in [0.25, 0.3) is 0 Å². The second kappa shape index (κ2) is 8.66. The van der Waals surface area contributed by atoms with Crippen molar-refractivity contribution >= 4 is 11.8 Å². The van der Waals surface area contributed by atoms with Crippen molar-refractivity contribution in [3.63, 3.8) is 0 Å². The quantitative estimate of drug-likeness (QED) is 0.696. The van der Waals surface area contributed by atoms with Crippen molar-refractivity contribution in [2.75, 3.05) is 13.6 Å². The summed E-state index contributed by atoms with van der Waals surface area (Å²) in [7, 11) is 1.55. The molecule has 0 aliphatic heterocycles. The predicted octanol–water partition coefficient (Wildman–Crippen LogP) is 2.86. The Labute approximate surface area is 156 Å². The standard InChI is InChI=1S/C20H19N3O4/c1-23(14-18(24)22-13-16-9-6-12-26-16)20(25)17-10-5-11-21-19(17)27-15-7-3-2-4-8-15/h2-12H,13-14H2,1H3,(H,22,24). The fraction of sp³-hybridized carbons (Fsp3) is 0.150. The van der Waals surface area contributed by atoms with Crippen molar-refractivity contribution in [2.24, 2.45) is 0 Å². The Kier molecular flexibility index (Phi) is 5.84. The van der Waals surface area contributed by atoms with Crippen molar-refractivity contribution in [1.29, 1.82) is 0 Å². The van der Waals surface area contributed by atoms with Gasteiger partial charge in [-0.15, -0.1) is 0 Å². The van der Waals surface area contributed by atoms with E-state index in [1.165, 1.54) is 11.2 Å². The number of nitrogens with zero attached hydrogens (tertiary/aromatic N) is 2. The van der Waals surface area contributed by atoms with Crippen LogP contribution in [0.1, 0.15) is 16.1 Å². The van der Waals surface area contributed by atoms with Gasteiger partial charge in [0.1, 0.15) is 17.1 Å². The van der Waals surface area contributed by atoms with Gasteiger partial charge in [0.15, 0.2) is 0 Å². The molecule has 1 N–H and O–H groups in total. The largest absolute Gasteiger partial charge is 0.467 e. The van der Waals surface area contributed by atoms with Gasteiger partial charge in [-0.05, 0) is 36.4 Å². The lowest BCUT2D eigenvalue weighted by Gasteiger charge is -2.18. The monoisotopic (exact) mass is 365 g/mol. The lowest BCUT2D eigenvalue weighted by Crippen LogP contribution is -2.38. The normalized spacial score (nSPS) is 10.3. The topological polar surface area (TPSA) is 84.7 Å². The summed E-state index contributed by atoms with van der Waals surface area (Å²) in [4.78, 5) is 30.3. The number of para-hydroxylation sites is 1. The first kappa shape index (κ1) is 18.2. The second-order valence-corrected chi connectivity index (χ2v) is 5.79. The Morgan fingerprint density at radius 1 is 1.11 bits per heavy atom. The van der Waals surface area contributed by atoms with E-state index >= 15 is 0 Å². The molecular formula is C20H19N3O4. The number of rotatable bonds is 7. The van der Waals surface area contributed by atoms with E-state index in [4.69, 9.17) is 9.15 Å². The van der Waals surface area contributed by atoms with E-state index in [1.807, 2.05) is 18.2 Å². The lowest BCUT2D eigenvalue weighted by molar-refractivity contribution is -0.121. The van der Waals surface area contributed by atoms with Crippen molar-refractivity contribution in [3.05, 3.63) is 78.4 Å². The van der Waals surface area contributed by atoms with Gasteiger partial charge in [0, 0.05) is 13.2 Å². The minimum atomic E-state index is -0.359. The first-order valence-electron chi connectivity index (χ1n) is 8.36. The van der Waals surface area contributed by atoms with Crippen LogP contribution in [0.3, 0.4) is 0 Å². The highest BCUT2D eigenvalue weighted by molar-refractivity contribution is 5.98. The summed E-state index contributed by atoms with van der Waals surface area (Å²) < 4.78 is 10.9. The van der Waals surface area contributed by atoms with E-state index in [1.54, 1.807) is 49.6 Å². The summed E-state index contributed by atoms with van der Waals surface area (Å²) in [5.74, 6) is 0.752. The third-order valence-electron chi connectivity index (χ3n) is 3.73. The zero-order valence-electron chi connectivity index (χ0n) is 14.8. The van der Waals surface area contributed by atoms with E-state index < -0.39 is 0 Å². The number of hydrogen-bond donors (Lipinski definition) is 1. The number of ether oxygens (including phenoxy) is 1. The van der Waals surface area contributed by atoms with E-state index in [0.29, 0.717) is 11.5 Å². The van der Waals surface area contributed by atoms with Crippen LogP contribution in [-0.2, 0) is 11.3 Å². The highest BCUT2D eigenvalue weighted by Crippen LogP contribution is 2.23. The molecule has 138 valence electrons. The van der Waals surface area contributed by atoms with Gasteiger partial charge < -0.3 is 19.4 Å². The summed E-state index contributed by atoms with van der Waals surface area (Å²) in [6.07, 6.45) is 3.08. The third-order valence-corrected chi connectivity index (χ3v) is 3.73. The van der Waals surface area contributed by atoms with Crippen LogP contribution >= 0.6 is 0 Å². The predicted molar refractivity (Wildman–Crippen MR) is 98.3 cm³/mol. The molecule has 0 atom stereocenters. The molecular weight excluding hydrogens is 346 g/mol. The maximum absolute atomic E-state index is 12.7. The average molecular weight is 365 g/mol. The molecule has 0 saturated heterocycles. The Balaban J connectivity index is 1.63. The van der Waals surface area contributed by atoms with Crippen molar-refractivity contribution in [3.8, 4) is 11.6 Å². The number of benzene rings is 1. The van der Waals surface area contributed by atoms with Crippen LogP contribution < -0.4 is 10.1 Å². The van der Waals surface area contributed by atoms with Gasteiger partial charge in [-0.25, -0.2) is 4.98 Å². The smallest absolute Gasteiger partial charge is 0.259 e. The Bertz CT molecular complexity index is 895. The first-order chi connectivity index (χ1) is 13.1. The SMILES string of the molecule is CN(CC(=O)NCc1ccco1)C(=O)c1cccnc1Oc1ccccc1. The van der Waals surface area contributed by atoms with Crippen LogP contribution in [0.4, 0.5) is 0 Å². The number of furan rings is 1. The zero-order valence-corrected chi connectivity index (χ0v) is 14.8. The maximum Gasteiger partial charge on any atom is 0.259 e. The molecule has 7 nitrogen and oxygen atoms in total. The molecule has 0 bridgehead atoms. The van der Waals surface area contributed by atoms with Gasteiger partial charge in [-0.3, -0.25) is 9.59 Å². The number of nitrogens with one attached hydrogen (secondary N) is 1. The molecule has 0 saturated carbocycles. The molecule has 0 spiro atoms.